The van der Waals surface area contributed by atoms with Crippen LogP contribution in [0.15, 0.2) is 71.8 Å². The Balaban J connectivity index is 1.52. The van der Waals surface area contributed by atoms with Crippen LogP contribution in [-0.2, 0) is 11.2 Å². The van der Waals surface area contributed by atoms with E-state index >= 15 is 0 Å². The fraction of sp³-hybridized carbons (Fsp3) is 0.0952. The van der Waals surface area contributed by atoms with Crippen LogP contribution in [0, 0.1) is 0 Å². The van der Waals surface area contributed by atoms with Gasteiger partial charge in [-0.1, -0.05) is 66.4 Å². The summed E-state index contributed by atoms with van der Waals surface area (Å²) in [6, 6.07) is 20.1. The molecule has 26 heavy (non-hydrogen) atoms. The lowest BCUT2D eigenvalue weighted by atomic mass is 10.1. The van der Waals surface area contributed by atoms with Gasteiger partial charge in [0.2, 0.25) is 0 Å². The van der Waals surface area contributed by atoms with Crippen molar-refractivity contribution in [3.8, 4) is 0 Å². The lowest BCUT2D eigenvalue weighted by molar-refractivity contribution is -0.122. The highest BCUT2D eigenvalue weighted by atomic mass is 32.2. The number of rotatable bonds is 4. The van der Waals surface area contributed by atoms with Gasteiger partial charge in [0.1, 0.15) is 4.32 Å². The number of hydrogen-bond acceptors (Lipinski definition) is 4. The Morgan fingerprint density at radius 2 is 1.92 bits per heavy atom. The first-order valence-corrected chi connectivity index (χ1v) is 9.57. The zero-order valence-electron chi connectivity index (χ0n) is 14.0. The number of amides is 1. The zero-order chi connectivity index (χ0) is 17.9. The number of carbonyl (C=O) groups is 1. The van der Waals surface area contributed by atoms with Crippen molar-refractivity contribution in [1.29, 1.82) is 0 Å². The predicted octanol–water partition coefficient (Wildman–Crippen LogP) is 4.68. The van der Waals surface area contributed by atoms with Crippen LogP contribution in [0.25, 0.3) is 17.0 Å². The molecule has 1 amide bonds. The first-order valence-electron chi connectivity index (χ1n) is 8.35. The van der Waals surface area contributed by atoms with Gasteiger partial charge in [0.05, 0.1) is 10.4 Å². The SMILES string of the molecule is O=C1/C(=C/c2ccc3ncccc3c2)SC(=S)N1CCc1ccccc1. The molecule has 0 atom stereocenters. The molecule has 1 aromatic heterocycles. The van der Waals surface area contributed by atoms with E-state index in [1.807, 2.05) is 54.6 Å². The monoisotopic (exact) mass is 376 g/mol. The van der Waals surface area contributed by atoms with Crippen LogP contribution >= 0.6 is 24.0 Å². The molecule has 0 aliphatic carbocycles. The second-order valence-corrected chi connectivity index (χ2v) is 7.70. The summed E-state index contributed by atoms with van der Waals surface area (Å²) in [7, 11) is 0. The highest BCUT2D eigenvalue weighted by Gasteiger charge is 2.31. The number of thiocarbonyl (C=S) groups is 1. The molecule has 0 unspecified atom stereocenters. The maximum absolute atomic E-state index is 12.7. The van der Waals surface area contributed by atoms with Crippen LogP contribution in [0.2, 0.25) is 0 Å². The number of aromatic nitrogens is 1. The minimum atomic E-state index is -0.0118. The van der Waals surface area contributed by atoms with Crippen molar-refractivity contribution in [2.75, 3.05) is 6.54 Å². The lowest BCUT2D eigenvalue weighted by Crippen LogP contribution is -2.30. The van der Waals surface area contributed by atoms with Crippen molar-refractivity contribution in [3.63, 3.8) is 0 Å². The Bertz CT molecular complexity index is 1010. The van der Waals surface area contributed by atoms with Crippen molar-refractivity contribution in [2.24, 2.45) is 0 Å². The van der Waals surface area contributed by atoms with Gasteiger partial charge in [0.15, 0.2) is 0 Å². The number of fused-ring (bicyclic) bond motifs is 1. The van der Waals surface area contributed by atoms with Crippen LogP contribution in [0.5, 0.6) is 0 Å². The number of hydrogen-bond donors (Lipinski definition) is 0. The van der Waals surface area contributed by atoms with Gasteiger partial charge in [-0.2, -0.15) is 0 Å². The van der Waals surface area contributed by atoms with Crippen molar-refractivity contribution >= 4 is 51.2 Å². The van der Waals surface area contributed by atoms with Gasteiger partial charge in [0, 0.05) is 18.1 Å². The summed E-state index contributed by atoms with van der Waals surface area (Å²) in [4.78, 5) is 19.4. The van der Waals surface area contributed by atoms with Crippen LogP contribution < -0.4 is 0 Å². The number of pyridine rings is 1. The molecule has 0 bridgehead atoms. The van der Waals surface area contributed by atoms with Crippen molar-refractivity contribution < 1.29 is 4.79 Å². The van der Waals surface area contributed by atoms with Crippen molar-refractivity contribution in [3.05, 3.63) is 82.9 Å². The lowest BCUT2D eigenvalue weighted by Gasteiger charge is -2.14. The minimum absolute atomic E-state index is 0.0118. The molecule has 2 heterocycles. The van der Waals surface area contributed by atoms with Gasteiger partial charge in [0.25, 0.3) is 5.91 Å². The Labute approximate surface area is 161 Å². The average molecular weight is 377 g/mol. The molecule has 4 rings (SSSR count). The van der Waals surface area contributed by atoms with Gasteiger partial charge in [-0.15, -0.1) is 0 Å². The molecule has 1 aliphatic rings. The van der Waals surface area contributed by atoms with Crippen LogP contribution in [0.3, 0.4) is 0 Å². The standard InChI is InChI=1S/C21H16N2OS2/c24-20-19(14-16-8-9-18-17(13-16)7-4-11-22-18)26-21(25)23(20)12-10-15-5-2-1-3-6-15/h1-9,11,13-14H,10,12H2/b19-14-. The van der Waals surface area contributed by atoms with Crippen molar-refractivity contribution in [2.45, 2.75) is 6.42 Å². The van der Waals surface area contributed by atoms with Crippen LogP contribution in [0.1, 0.15) is 11.1 Å². The molecular formula is C21H16N2OS2. The molecule has 1 saturated heterocycles. The third-order valence-electron chi connectivity index (χ3n) is 4.27. The summed E-state index contributed by atoms with van der Waals surface area (Å²) in [5.74, 6) is -0.0118. The topological polar surface area (TPSA) is 33.2 Å². The van der Waals surface area contributed by atoms with E-state index in [4.69, 9.17) is 12.2 Å². The second kappa shape index (κ2) is 7.40. The summed E-state index contributed by atoms with van der Waals surface area (Å²) in [6.45, 7) is 0.605. The zero-order valence-corrected chi connectivity index (χ0v) is 15.6. The molecule has 3 aromatic rings. The normalized spacial score (nSPS) is 16.0. The van der Waals surface area contributed by atoms with E-state index in [1.165, 1.54) is 17.3 Å². The van der Waals surface area contributed by atoms with E-state index in [9.17, 15) is 4.79 Å². The fourth-order valence-electron chi connectivity index (χ4n) is 2.91. The van der Waals surface area contributed by atoms with Crippen molar-refractivity contribution in [1.82, 2.24) is 9.88 Å². The summed E-state index contributed by atoms with van der Waals surface area (Å²) in [5.41, 5.74) is 3.13. The largest absolute Gasteiger partial charge is 0.293 e. The summed E-state index contributed by atoms with van der Waals surface area (Å²) in [5, 5.41) is 1.06. The van der Waals surface area contributed by atoms with Gasteiger partial charge in [-0.3, -0.25) is 14.7 Å². The van der Waals surface area contributed by atoms with Gasteiger partial charge >= 0.3 is 0 Å². The first kappa shape index (κ1) is 16.9. The summed E-state index contributed by atoms with van der Waals surface area (Å²) >= 11 is 6.79. The average Bonchev–Trinajstić information content (AvgIpc) is 2.94. The third-order valence-corrected chi connectivity index (χ3v) is 5.64. The fourth-order valence-corrected chi connectivity index (χ4v) is 4.22. The molecule has 0 spiro atoms. The van der Waals surface area contributed by atoms with E-state index in [1.54, 1.807) is 11.1 Å². The molecule has 3 nitrogen and oxygen atoms in total. The highest BCUT2D eigenvalue weighted by molar-refractivity contribution is 8.26. The molecule has 0 saturated carbocycles. The maximum Gasteiger partial charge on any atom is 0.266 e. The molecule has 1 fully saturated rings. The van der Waals surface area contributed by atoms with Gasteiger partial charge in [-0.25, -0.2) is 0 Å². The van der Waals surface area contributed by atoms with E-state index in [0.717, 1.165) is 22.9 Å². The van der Waals surface area contributed by atoms with Gasteiger partial charge < -0.3 is 0 Å². The second-order valence-electron chi connectivity index (χ2n) is 6.02. The van der Waals surface area contributed by atoms with E-state index in [-0.39, 0.29) is 5.91 Å². The predicted molar refractivity (Wildman–Crippen MR) is 112 cm³/mol. The Kier molecular flexibility index (Phi) is 4.82. The molecule has 0 radical (unpaired) electrons. The Hall–Kier alpha value is -2.50. The number of thioether (sulfide) groups is 1. The molecule has 1 aliphatic heterocycles. The third kappa shape index (κ3) is 3.54. The Morgan fingerprint density at radius 3 is 2.77 bits per heavy atom. The number of nitrogens with zero attached hydrogens (tertiary/aromatic N) is 2. The van der Waals surface area contributed by atoms with E-state index in [2.05, 4.69) is 17.1 Å². The number of benzene rings is 2. The van der Waals surface area contributed by atoms with Crippen LogP contribution in [-0.4, -0.2) is 26.7 Å². The molecule has 128 valence electrons. The minimum Gasteiger partial charge on any atom is -0.293 e. The quantitative estimate of drug-likeness (QED) is 0.489. The smallest absolute Gasteiger partial charge is 0.266 e. The van der Waals surface area contributed by atoms with Crippen LogP contribution in [0.4, 0.5) is 0 Å². The summed E-state index contributed by atoms with van der Waals surface area (Å²) < 4.78 is 0.625. The number of carbonyl (C=O) groups excluding carboxylic acids is 1. The molecule has 0 N–H and O–H groups in total. The van der Waals surface area contributed by atoms with E-state index in [0.29, 0.717) is 15.8 Å². The maximum atomic E-state index is 12.7. The van der Waals surface area contributed by atoms with E-state index < -0.39 is 0 Å². The Morgan fingerprint density at radius 1 is 1.08 bits per heavy atom. The molecular weight excluding hydrogens is 360 g/mol. The summed E-state index contributed by atoms with van der Waals surface area (Å²) in [6.07, 6.45) is 4.48. The molecule has 5 heteroatoms. The highest BCUT2D eigenvalue weighted by Crippen LogP contribution is 2.33. The first-order chi connectivity index (χ1) is 12.7. The molecule has 2 aromatic carbocycles. The van der Waals surface area contributed by atoms with Gasteiger partial charge in [-0.05, 0) is 41.8 Å².